The molecule has 1 amide bonds. The number of rotatable bonds is 4. The summed E-state index contributed by atoms with van der Waals surface area (Å²) < 4.78 is 32.9. The Hall–Kier alpha value is -1.60. The average molecular weight is 426 g/mol. The minimum Gasteiger partial charge on any atom is -0.361 e. The second-order valence-corrected chi connectivity index (χ2v) is 9.68. The first kappa shape index (κ1) is 18.7. The molecule has 2 aromatic carbocycles. The lowest BCUT2D eigenvalue weighted by atomic mass is 9.94. The highest BCUT2D eigenvalue weighted by Gasteiger charge is 2.50. The fraction of sp³-hybridized carbons (Fsp3) is 0.316. The molecule has 2 atom stereocenters. The highest BCUT2D eigenvalue weighted by Crippen LogP contribution is 2.45. The molecule has 1 aliphatic carbocycles. The van der Waals surface area contributed by atoms with Gasteiger partial charge in [0.05, 0.1) is 5.25 Å². The van der Waals surface area contributed by atoms with Crippen LogP contribution < -0.4 is 0 Å². The van der Waals surface area contributed by atoms with Gasteiger partial charge in [0.15, 0.2) is 0 Å². The molecule has 2 fully saturated rings. The van der Waals surface area contributed by atoms with Crippen LogP contribution in [0.1, 0.15) is 36.1 Å². The molecule has 1 saturated heterocycles. The van der Waals surface area contributed by atoms with E-state index < -0.39 is 33.3 Å². The summed E-state index contributed by atoms with van der Waals surface area (Å²) in [6.45, 7) is -0.298. The predicted molar refractivity (Wildman–Crippen MR) is 103 cm³/mol. The number of benzene rings is 2. The lowest BCUT2D eigenvalue weighted by Gasteiger charge is -2.40. The van der Waals surface area contributed by atoms with Crippen LogP contribution in [0, 0.1) is 0 Å². The van der Waals surface area contributed by atoms with Gasteiger partial charge >= 0.3 is 0 Å². The van der Waals surface area contributed by atoms with Gasteiger partial charge < -0.3 is 4.74 Å². The molecule has 1 heterocycles. The summed E-state index contributed by atoms with van der Waals surface area (Å²) in [6, 6.07) is 13.0. The van der Waals surface area contributed by atoms with Gasteiger partial charge in [-0.1, -0.05) is 47.5 Å². The van der Waals surface area contributed by atoms with Crippen molar-refractivity contribution in [3.63, 3.8) is 0 Å². The van der Waals surface area contributed by atoms with Crippen molar-refractivity contribution in [1.29, 1.82) is 0 Å². The fourth-order valence-corrected chi connectivity index (χ4v) is 5.62. The Morgan fingerprint density at radius 3 is 2.30 bits per heavy atom. The summed E-state index contributed by atoms with van der Waals surface area (Å²) in [6.07, 6.45) is 0.487. The van der Waals surface area contributed by atoms with Crippen LogP contribution >= 0.6 is 23.2 Å². The third-order valence-corrected chi connectivity index (χ3v) is 7.56. The maximum absolute atomic E-state index is 13.1. The van der Waals surface area contributed by atoms with Crippen LogP contribution in [0.15, 0.2) is 48.5 Å². The number of sulfonamides is 1. The number of morpholine rings is 1. The average Bonchev–Trinajstić information content (AvgIpc) is 3.47. The van der Waals surface area contributed by atoms with Gasteiger partial charge in [-0.25, -0.2) is 12.7 Å². The van der Waals surface area contributed by atoms with E-state index in [9.17, 15) is 13.2 Å². The van der Waals surface area contributed by atoms with E-state index in [-0.39, 0.29) is 6.61 Å². The first-order chi connectivity index (χ1) is 12.9. The maximum Gasteiger partial charge on any atom is 0.262 e. The summed E-state index contributed by atoms with van der Waals surface area (Å²) in [5, 5.41) is 0.534. The molecule has 1 aliphatic heterocycles. The van der Waals surface area contributed by atoms with Crippen molar-refractivity contribution in [2.45, 2.75) is 30.2 Å². The molecular formula is C19H17Cl2NO4S. The Kier molecular flexibility index (Phi) is 4.93. The molecule has 8 heteroatoms. The Morgan fingerprint density at radius 1 is 0.963 bits per heavy atom. The summed E-state index contributed by atoms with van der Waals surface area (Å²) in [5.74, 6) is -0.555. The zero-order valence-corrected chi connectivity index (χ0v) is 16.5. The van der Waals surface area contributed by atoms with E-state index >= 15 is 0 Å². The van der Waals surface area contributed by atoms with E-state index in [1.807, 2.05) is 6.07 Å². The number of halogens is 2. The number of carbonyl (C=O) groups excluding carboxylic acids is 1. The Balaban J connectivity index is 1.85. The summed E-state index contributed by atoms with van der Waals surface area (Å²) >= 11 is 12.1. The summed E-state index contributed by atoms with van der Waals surface area (Å²) in [7, 11) is -3.76. The molecule has 27 heavy (non-hydrogen) atoms. The molecule has 1 saturated carbocycles. The zero-order valence-electron chi connectivity index (χ0n) is 14.2. The molecule has 0 bridgehead atoms. The summed E-state index contributed by atoms with van der Waals surface area (Å²) in [4.78, 5) is 12.6. The third-order valence-electron chi connectivity index (χ3n) is 4.78. The first-order valence-electron chi connectivity index (χ1n) is 8.56. The lowest BCUT2D eigenvalue weighted by Crippen LogP contribution is -2.49. The number of carbonyl (C=O) groups is 1. The second-order valence-electron chi connectivity index (χ2n) is 6.72. The SMILES string of the molecule is O=C1CO[C@H](c2cccc(Cl)c2)[C@H](c2ccc(Cl)cc2)N1S(=O)(=O)C1CC1. The van der Waals surface area contributed by atoms with Crippen molar-refractivity contribution in [1.82, 2.24) is 4.31 Å². The van der Waals surface area contributed by atoms with Crippen LogP contribution in [-0.4, -0.2) is 30.5 Å². The van der Waals surface area contributed by atoms with Crippen LogP contribution in [0.4, 0.5) is 0 Å². The van der Waals surface area contributed by atoms with Crippen LogP contribution in [0.25, 0.3) is 0 Å². The molecule has 4 rings (SSSR count). The van der Waals surface area contributed by atoms with E-state index in [1.54, 1.807) is 42.5 Å². The van der Waals surface area contributed by atoms with Gasteiger partial charge in [-0.15, -0.1) is 0 Å². The third kappa shape index (κ3) is 3.59. The standard InChI is InChI=1S/C19H17Cl2NO4S/c20-14-6-4-12(5-7-14)18-19(13-2-1-3-15(21)10-13)26-11-17(23)22(18)27(24,25)16-8-9-16/h1-7,10,16,18-19H,8-9,11H2/t18-,19+/m0/s1. The van der Waals surface area contributed by atoms with Gasteiger partial charge in [0.2, 0.25) is 10.0 Å². The molecule has 2 aliphatic rings. The molecule has 0 unspecified atom stereocenters. The van der Waals surface area contributed by atoms with Crippen LogP contribution in [0.2, 0.25) is 10.0 Å². The van der Waals surface area contributed by atoms with Gasteiger partial charge in [-0.3, -0.25) is 4.79 Å². The highest BCUT2D eigenvalue weighted by molar-refractivity contribution is 7.90. The van der Waals surface area contributed by atoms with E-state index in [0.717, 1.165) is 4.31 Å². The molecule has 0 N–H and O–H groups in total. The molecule has 0 aromatic heterocycles. The molecule has 0 spiro atoms. The molecule has 5 nitrogen and oxygen atoms in total. The van der Waals surface area contributed by atoms with Crippen LogP contribution in [-0.2, 0) is 19.6 Å². The van der Waals surface area contributed by atoms with E-state index in [2.05, 4.69) is 0 Å². The number of hydrogen-bond donors (Lipinski definition) is 0. The second kappa shape index (κ2) is 7.09. The van der Waals surface area contributed by atoms with Crippen molar-refractivity contribution in [3.8, 4) is 0 Å². The van der Waals surface area contributed by atoms with Gasteiger partial charge in [-0.05, 0) is 48.2 Å². The Bertz CT molecular complexity index is 973. The van der Waals surface area contributed by atoms with Crippen molar-refractivity contribution < 1.29 is 17.9 Å². The Morgan fingerprint density at radius 2 is 1.67 bits per heavy atom. The number of amides is 1. The number of hydrogen-bond acceptors (Lipinski definition) is 4. The van der Waals surface area contributed by atoms with E-state index in [0.29, 0.717) is 34.0 Å². The summed E-state index contributed by atoms with van der Waals surface area (Å²) in [5.41, 5.74) is 1.35. The molecular weight excluding hydrogens is 409 g/mol. The van der Waals surface area contributed by atoms with Crippen LogP contribution in [0.5, 0.6) is 0 Å². The number of nitrogens with zero attached hydrogens (tertiary/aromatic N) is 1. The van der Waals surface area contributed by atoms with Gasteiger partial charge in [0, 0.05) is 10.0 Å². The normalized spacial score (nSPS) is 23.5. The van der Waals surface area contributed by atoms with Gasteiger partial charge in [0.1, 0.15) is 18.8 Å². The van der Waals surface area contributed by atoms with E-state index in [1.165, 1.54) is 0 Å². The quantitative estimate of drug-likeness (QED) is 0.738. The lowest BCUT2D eigenvalue weighted by molar-refractivity contribution is -0.148. The van der Waals surface area contributed by atoms with E-state index in [4.69, 9.17) is 27.9 Å². The topological polar surface area (TPSA) is 63.7 Å². The minimum absolute atomic E-state index is 0.298. The maximum atomic E-state index is 13.1. The molecule has 142 valence electrons. The fourth-order valence-electron chi connectivity index (χ4n) is 3.35. The smallest absolute Gasteiger partial charge is 0.262 e. The van der Waals surface area contributed by atoms with Crippen molar-refractivity contribution in [2.24, 2.45) is 0 Å². The first-order valence-corrected chi connectivity index (χ1v) is 10.8. The minimum atomic E-state index is -3.76. The van der Waals surface area contributed by atoms with Gasteiger partial charge in [0.25, 0.3) is 5.91 Å². The molecule has 0 radical (unpaired) electrons. The van der Waals surface area contributed by atoms with Crippen molar-refractivity contribution in [2.75, 3.05) is 6.61 Å². The zero-order chi connectivity index (χ0) is 19.2. The highest BCUT2D eigenvalue weighted by atomic mass is 35.5. The Labute approximate surface area is 167 Å². The van der Waals surface area contributed by atoms with Crippen LogP contribution in [0.3, 0.4) is 0 Å². The largest absolute Gasteiger partial charge is 0.361 e. The predicted octanol–water partition coefficient (Wildman–Crippen LogP) is 4.13. The van der Waals surface area contributed by atoms with Crippen molar-refractivity contribution in [3.05, 3.63) is 69.7 Å². The number of ether oxygens (including phenoxy) is 1. The molecule has 2 aromatic rings. The monoisotopic (exact) mass is 425 g/mol. The van der Waals surface area contributed by atoms with Gasteiger partial charge in [-0.2, -0.15) is 0 Å². The van der Waals surface area contributed by atoms with Crippen molar-refractivity contribution >= 4 is 39.1 Å².